The van der Waals surface area contributed by atoms with E-state index in [1.165, 1.54) is 11.1 Å². The van der Waals surface area contributed by atoms with Crippen molar-refractivity contribution in [1.29, 1.82) is 0 Å². The summed E-state index contributed by atoms with van der Waals surface area (Å²) in [6.07, 6.45) is 2.41. The molecule has 1 aromatic rings. The van der Waals surface area contributed by atoms with Crippen molar-refractivity contribution in [3.63, 3.8) is 0 Å². The summed E-state index contributed by atoms with van der Waals surface area (Å²) in [6, 6.07) is 4.21. The Morgan fingerprint density at radius 2 is 2.33 bits per heavy atom. The fourth-order valence-electron chi connectivity index (χ4n) is 1.90. The van der Waals surface area contributed by atoms with Crippen molar-refractivity contribution >= 4 is 15.9 Å². The summed E-state index contributed by atoms with van der Waals surface area (Å²) in [4.78, 5) is 0. The first-order chi connectivity index (χ1) is 7.16. The lowest BCUT2D eigenvalue weighted by Crippen LogP contribution is -2.02. The lowest BCUT2D eigenvalue weighted by molar-refractivity contribution is 0.184. The van der Waals surface area contributed by atoms with Gasteiger partial charge in [-0.3, -0.25) is 0 Å². The molecule has 1 aliphatic heterocycles. The fourth-order valence-corrected chi connectivity index (χ4v) is 2.45. The summed E-state index contributed by atoms with van der Waals surface area (Å²) in [5.74, 6) is 1.04. The molecule has 1 aliphatic rings. The van der Waals surface area contributed by atoms with Gasteiger partial charge in [0.05, 0.1) is 12.7 Å². The molecule has 2 nitrogen and oxygen atoms in total. The first-order valence-corrected chi connectivity index (χ1v) is 6.08. The molecule has 2 rings (SSSR count). The van der Waals surface area contributed by atoms with E-state index < -0.39 is 0 Å². The van der Waals surface area contributed by atoms with E-state index in [2.05, 4.69) is 28.1 Å². The standard InChI is InChI=1S/C12H15BrO2/c1-8(14)2-3-9-6-11(13)7-10-4-5-15-12(9)10/h6-8,14H,2-5H2,1H3. The number of hydrogen-bond donors (Lipinski definition) is 1. The Balaban J connectivity index is 2.22. The average molecular weight is 271 g/mol. The molecule has 1 N–H and O–H groups in total. The Morgan fingerprint density at radius 3 is 3.07 bits per heavy atom. The molecular weight excluding hydrogens is 256 g/mol. The lowest BCUT2D eigenvalue weighted by atomic mass is 10.0. The number of benzene rings is 1. The van der Waals surface area contributed by atoms with Crippen LogP contribution in [0.4, 0.5) is 0 Å². The summed E-state index contributed by atoms with van der Waals surface area (Å²) in [6.45, 7) is 2.60. The number of aliphatic hydroxyl groups excluding tert-OH is 1. The van der Waals surface area contributed by atoms with Crippen molar-refractivity contribution in [1.82, 2.24) is 0 Å². The van der Waals surface area contributed by atoms with Crippen LogP contribution in [0.3, 0.4) is 0 Å². The summed E-state index contributed by atoms with van der Waals surface area (Å²) in [7, 11) is 0. The van der Waals surface area contributed by atoms with E-state index in [0.29, 0.717) is 0 Å². The highest BCUT2D eigenvalue weighted by atomic mass is 79.9. The van der Waals surface area contributed by atoms with Gasteiger partial charge in [0.15, 0.2) is 0 Å². The van der Waals surface area contributed by atoms with Crippen molar-refractivity contribution in [3.05, 3.63) is 27.7 Å². The van der Waals surface area contributed by atoms with Crippen molar-refractivity contribution in [3.8, 4) is 5.75 Å². The molecule has 1 atom stereocenters. The van der Waals surface area contributed by atoms with E-state index in [0.717, 1.165) is 36.1 Å². The van der Waals surface area contributed by atoms with Gasteiger partial charge >= 0.3 is 0 Å². The van der Waals surface area contributed by atoms with Crippen molar-refractivity contribution in [2.75, 3.05) is 6.61 Å². The minimum atomic E-state index is -0.249. The van der Waals surface area contributed by atoms with Crippen molar-refractivity contribution in [2.45, 2.75) is 32.3 Å². The molecule has 0 aromatic heterocycles. The average Bonchev–Trinajstić information content (AvgIpc) is 2.61. The number of ether oxygens (including phenoxy) is 1. The third-order valence-corrected chi connectivity index (χ3v) is 3.11. The molecule has 1 unspecified atom stereocenters. The quantitative estimate of drug-likeness (QED) is 0.915. The zero-order chi connectivity index (χ0) is 10.8. The van der Waals surface area contributed by atoms with Gasteiger partial charge in [-0.05, 0) is 43.0 Å². The minimum Gasteiger partial charge on any atom is -0.493 e. The second-order valence-corrected chi connectivity index (χ2v) is 4.95. The molecule has 0 radical (unpaired) electrons. The maximum absolute atomic E-state index is 9.28. The Morgan fingerprint density at radius 1 is 1.53 bits per heavy atom. The Hall–Kier alpha value is -0.540. The van der Waals surface area contributed by atoms with Gasteiger partial charge in [-0.25, -0.2) is 0 Å². The van der Waals surface area contributed by atoms with Crippen LogP contribution in [0, 0.1) is 0 Å². The van der Waals surface area contributed by atoms with Gasteiger partial charge in [0.1, 0.15) is 5.75 Å². The highest BCUT2D eigenvalue weighted by Gasteiger charge is 2.17. The lowest BCUT2D eigenvalue weighted by Gasteiger charge is -2.10. The molecule has 1 aromatic carbocycles. The normalized spacial score (nSPS) is 15.9. The Labute approximate surface area is 98.4 Å². The number of hydrogen-bond acceptors (Lipinski definition) is 2. The first-order valence-electron chi connectivity index (χ1n) is 5.29. The molecule has 0 amide bonds. The monoisotopic (exact) mass is 270 g/mol. The minimum absolute atomic E-state index is 0.249. The number of rotatable bonds is 3. The summed E-state index contributed by atoms with van der Waals surface area (Å²) in [5, 5.41) is 9.28. The molecule has 15 heavy (non-hydrogen) atoms. The molecule has 0 spiro atoms. The molecule has 3 heteroatoms. The van der Waals surface area contributed by atoms with Crippen molar-refractivity contribution in [2.24, 2.45) is 0 Å². The van der Waals surface area contributed by atoms with Crippen LogP contribution in [-0.2, 0) is 12.8 Å². The van der Waals surface area contributed by atoms with Crippen LogP contribution >= 0.6 is 15.9 Å². The third kappa shape index (κ3) is 2.52. The van der Waals surface area contributed by atoms with Gasteiger partial charge in [-0.1, -0.05) is 15.9 Å². The smallest absolute Gasteiger partial charge is 0.125 e. The molecule has 0 aliphatic carbocycles. The van der Waals surface area contributed by atoms with Gasteiger partial charge < -0.3 is 9.84 Å². The second-order valence-electron chi connectivity index (χ2n) is 4.04. The van der Waals surface area contributed by atoms with Gasteiger partial charge in [0.2, 0.25) is 0 Å². The Kier molecular flexibility index (Phi) is 3.32. The topological polar surface area (TPSA) is 29.5 Å². The van der Waals surface area contributed by atoms with E-state index in [4.69, 9.17) is 4.74 Å². The van der Waals surface area contributed by atoms with Gasteiger partial charge in [0, 0.05) is 10.9 Å². The summed E-state index contributed by atoms with van der Waals surface area (Å²) >= 11 is 3.50. The number of halogens is 1. The molecule has 0 saturated carbocycles. The zero-order valence-electron chi connectivity index (χ0n) is 8.79. The zero-order valence-corrected chi connectivity index (χ0v) is 10.4. The Bertz CT molecular complexity index is 361. The molecule has 1 heterocycles. The van der Waals surface area contributed by atoms with Crippen LogP contribution in [0.15, 0.2) is 16.6 Å². The van der Waals surface area contributed by atoms with Gasteiger partial charge in [-0.15, -0.1) is 0 Å². The van der Waals surface area contributed by atoms with Crippen LogP contribution < -0.4 is 4.74 Å². The molecule has 0 bridgehead atoms. The highest BCUT2D eigenvalue weighted by Crippen LogP contribution is 2.33. The number of fused-ring (bicyclic) bond motifs is 1. The highest BCUT2D eigenvalue weighted by molar-refractivity contribution is 9.10. The van der Waals surface area contributed by atoms with E-state index in [9.17, 15) is 5.11 Å². The van der Waals surface area contributed by atoms with E-state index in [1.54, 1.807) is 0 Å². The van der Waals surface area contributed by atoms with E-state index in [1.807, 2.05) is 6.92 Å². The predicted octanol–water partition coefficient (Wildman–Crippen LogP) is 2.70. The molecular formula is C12H15BrO2. The van der Waals surface area contributed by atoms with Gasteiger partial charge in [0.25, 0.3) is 0 Å². The number of aliphatic hydroxyl groups is 1. The first kappa shape index (κ1) is 11.0. The van der Waals surface area contributed by atoms with Crippen LogP contribution in [0.1, 0.15) is 24.5 Å². The van der Waals surface area contributed by atoms with E-state index in [-0.39, 0.29) is 6.10 Å². The molecule has 82 valence electrons. The van der Waals surface area contributed by atoms with Gasteiger partial charge in [-0.2, -0.15) is 0 Å². The van der Waals surface area contributed by atoms with Crippen LogP contribution in [-0.4, -0.2) is 17.8 Å². The maximum atomic E-state index is 9.28. The maximum Gasteiger partial charge on any atom is 0.125 e. The summed E-state index contributed by atoms with van der Waals surface area (Å²) in [5.41, 5.74) is 2.49. The van der Waals surface area contributed by atoms with Crippen LogP contribution in [0.25, 0.3) is 0 Å². The fraction of sp³-hybridized carbons (Fsp3) is 0.500. The summed E-state index contributed by atoms with van der Waals surface area (Å²) < 4.78 is 6.72. The van der Waals surface area contributed by atoms with Crippen LogP contribution in [0.5, 0.6) is 5.75 Å². The largest absolute Gasteiger partial charge is 0.493 e. The van der Waals surface area contributed by atoms with Crippen molar-refractivity contribution < 1.29 is 9.84 Å². The second kappa shape index (κ2) is 4.54. The number of aryl methyl sites for hydroxylation is 1. The van der Waals surface area contributed by atoms with Crippen LogP contribution in [0.2, 0.25) is 0 Å². The SMILES string of the molecule is CC(O)CCc1cc(Br)cc2c1OCC2. The third-order valence-electron chi connectivity index (χ3n) is 2.66. The predicted molar refractivity (Wildman–Crippen MR) is 63.3 cm³/mol. The van der Waals surface area contributed by atoms with E-state index >= 15 is 0 Å². The molecule has 0 saturated heterocycles. The molecule has 0 fully saturated rings.